The highest BCUT2D eigenvalue weighted by Gasteiger charge is 2.36. The predicted molar refractivity (Wildman–Crippen MR) is 137 cm³/mol. The van der Waals surface area contributed by atoms with Crippen LogP contribution in [0.3, 0.4) is 0 Å². The van der Waals surface area contributed by atoms with Crippen LogP contribution in [0.25, 0.3) is 0 Å². The molecule has 0 aliphatic rings. The molecule has 0 heterocycles. The molecule has 2 unspecified atom stereocenters. The molecule has 0 saturated carbocycles. The zero-order valence-electron chi connectivity index (χ0n) is 22.6. The molecule has 0 bridgehead atoms. The number of ether oxygens (including phenoxy) is 2. The number of phenols is 1. The molecule has 3 amide bonds. The largest absolute Gasteiger partial charge is 0.508 e. The Morgan fingerprint density at radius 2 is 1.81 bits per heavy atom. The van der Waals surface area contributed by atoms with Crippen LogP contribution in [0, 0.1) is 6.92 Å². The van der Waals surface area contributed by atoms with Gasteiger partial charge in [-0.3, -0.25) is 14.4 Å². The summed E-state index contributed by atoms with van der Waals surface area (Å²) in [5.74, 6) is -1.69. The Morgan fingerprint density at radius 3 is 2.35 bits per heavy atom. The minimum Gasteiger partial charge on any atom is -0.508 e. The van der Waals surface area contributed by atoms with Crippen molar-refractivity contribution in [2.75, 3.05) is 26.3 Å². The molecule has 208 valence electrons. The highest BCUT2D eigenvalue weighted by atomic mass is 16.6. The molecule has 0 radical (unpaired) electrons. The summed E-state index contributed by atoms with van der Waals surface area (Å²) in [5, 5.41) is 25.0. The molecule has 0 saturated heterocycles. The average Bonchev–Trinajstić information content (AvgIpc) is 2.80. The van der Waals surface area contributed by atoms with Gasteiger partial charge in [-0.05, 0) is 64.3 Å². The van der Waals surface area contributed by atoms with E-state index in [0.29, 0.717) is 24.0 Å². The number of alkyl carbamates (subject to hydrolysis) is 1. The van der Waals surface area contributed by atoms with Crippen molar-refractivity contribution < 1.29 is 38.9 Å². The van der Waals surface area contributed by atoms with Gasteiger partial charge >= 0.3 is 12.1 Å². The van der Waals surface area contributed by atoms with Gasteiger partial charge in [-0.1, -0.05) is 19.4 Å². The first-order valence-corrected chi connectivity index (χ1v) is 12.5. The maximum absolute atomic E-state index is 13.6. The van der Waals surface area contributed by atoms with E-state index >= 15 is 0 Å². The van der Waals surface area contributed by atoms with Crippen LogP contribution in [0.4, 0.5) is 4.79 Å². The number of aromatic hydroxyl groups is 1. The summed E-state index contributed by atoms with van der Waals surface area (Å²) in [4.78, 5) is 52.3. The third-order valence-electron chi connectivity index (χ3n) is 5.24. The third-order valence-corrected chi connectivity index (χ3v) is 5.24. The Bertz CT molecular complexity index is 929. The van der Waals surface area contributed by atoms with Crippen molar-refractivity contribution in [3.63, 3.8) is 0 Å². The number of nitrogens with zero attached hydrogens (tertiary/aromatic N) is 1. The number of benzene rings is 1. The molecule has 0 aromatic heterocycles. The van der Waals surface area contributed by atoms with E-state index in [-0.39, 0.29) is 31.9 Å². The van der Waals surface area contributed by atoms with Crippen molar-refractivity contribution in [2.45, 2.75) is 78.5 Å². The standard InChI is InChI=1S/C26H41N3O8/c1-7-9-14-29(24(34)19(16-30)28-25(35)37-26(4,5)6)22(18-10-11-20(31)17(3)15-18)23(33)27-13-12-21(32)36-8-2/h10-11,15,19,22,30-31H,7-9,12-14,16H2,1-6H3,(H,27,33)(H,28,35). The second-order valence-electron chi connectivity index (χ2n) is 9.56. The zero-order chi connectivity index (χ0) is 28.2. The van der Waals surface area contributed by atoms with Gasteiger partial charge in [0.1, 0.15) is 23.4 Å². The van der Waals surface area contributed by atoms with E-state index < -0.39 is 48.2 Å². The van der Waals surface area contributed by atoms with E-state index in [0.717, 1.165) is 0 Å². The molecular weight excluding hydrogens is 482 g/mol. The second kappa shape index (κ2) is 15.0. The lowest BCUT2D eigenvalue weighted by molar-refractivity contribution is -0.144. The zero-order valence-corrected chi connectivity index (χ0v) is 22.6. The Morgan fingerprint density at radius 1 is 1.14 bits per heavy atom. The quantitative estimate of drug-likeness (QED) is 0.287. The monoisotopic (exact) mass is 523 g/mol. The van der Waals surface area contributed by atoms with Crippen molar-refractivity contribution >= 4 is 23.9 Å². The number of nitrogens with one attached hydrogen (secondary N) is 2. The fourth-order valence-electron chi connectivity index (χ4n) is 3.47. The summed E-state index contributed by atoms with van der Waals surface area (Å²) >= 11 is 0. The van der Waals surface area contributed by atoms with Gasteiger partial charge in [0.05, 0.1) is 19.6 Å². The van der Waals surface area contributed by atoms with Gasteiger partial charge in [0.25, 0.3) is 0 Å². The molecular formula is C26H41N3O8. The van der Waals surface area contributed by atoms with Crippen LogP contribution in [0.5, 0.6) is 5.75 Å². The van der Waals surface area contributed by atoms with Crippen LogP contribution in [0.15, 0.2) is 18.2 Å². The van der Waals surface area contributed by atoms with E-state index in [1.807, 2.05) is 6.92 Å². The van der Waals surface area contributed by atoms with Crippen LogP contribution < -0.4 is 10.6 Å². The lowest BCUT2D eigenvalue weighted by Gasteiger charge is -2.34. The van der Waals surface area contributed by atoms with Crippen LogP contribution >= 0.6 is 0 Å². The lowest BCUT2D eigenvalue weighted by Crippen LogP contribution is -2.54. The molecule has 0 aliphatic heterocycles. The average molecular weight is 524 g/mol. The molecule has 4 N–H and O–H groups in total. The van der Waals surface area contributed by atoms with Gasteiger partial charge in [0, 0.05) is 13.1 Å². The molecule has 0 aliphatic carbocycles. The van der Waals surface area contributed by atoms with Crippen molar-refractivity contribution in [2.24, 2.45) is 0 Å². The van der Waals surface area contributed by atoms with Gasteiger partial charge in [0.2, 0.25) is 11.8 Å². The number of amides is 3. The number of carbonyl (C=O) groups excluding carboxylic acids is 4. The van der Waals surface area contributed by atoms with Gasteiger partial charge < -0.3 is 35.2 Å². The minimum atomic E-state index is -1.36. The molecule has 0 spiro atoms. The van der Waals surface area contributed by atoms with E-state index in [1.165, 1.54) is 17.0 Å². The highest BCUT2D eigenvalue weighted by molar-refractivity contribution is 5.92. The number of aryl methyl sites for hydroxylation is 1. The summed E-state index contributed by atoms with van der Waals surface area (Å²) in [6, 6.07) is 2.02. The van der Waals surface area contributed by atoms with Crippen molar-refractivity contribution in [1.29, 1.82) is 0 Å². The Balaban J connectivity index is 3.34. The van der Waals surface area contributed by atoms with Crippen LogP contribution in [-0.4, -0.2) is 76.9 Å². The Kier molecular flexibility index (Phi) is 12.9. The molecule has 1 aromatic rings. The summed E-state index contributed by atoms with van der Waals surface area (Å²) in [6.07, 6.45) is 0.313. The molecule has 1 aromatic carbocycles. The van der Waals surface area contributed by atoms with Crippen molar-refractivity contribution in [3.8, 4) is 5.75 Å². The van der Waals surface area contributed by atoms with Crippen LogP contribution in [0.2, 0.25) is 0 Å². The fourth-order valence-corrected chi connectivity index (χ4v) is 3.47. The maximum Gasteiger partial charge on any atom is 0.408 e. The number of hydrogen-bond donors (Lipinski definition) is 4. The molecule has 2 atom stereocenters. The summed E-state index contributed by atoms with van der Waals surface area (Å²) in [5.41, 5.74) is 0.0950. The second-order valence-corrected chi connectivity index (χ2v) is 9.56. The molecule has 11 heteroatoms. The molecule has 0 fully saturated rings. The van der Waals surface area contributed by atoms with E-state index in [1.54, 1.807) is 40.7 Å². The van der Waals surface area contributed by atoms with Gasteiger partial charge in [-0.25, -0.2) is 4.79 Å². The van der Waals surface area contributed by atoms with Crippen molar-refractivity contribution in [1.82, 2.24) is 15.5 Å². The summed E-state index contributed by atoms with van der Waals surface area (Å²) < 4.78 is 10.1. The van der Waals surface area contributed by atoms with E-state index in [2.05, 4.69) is 10.6 Å². The number of esters is 1. The minimum absolute atomic E-state index is 0.0133. The van der Waals surface area contributed by atoms with Crippen LogP contribution in [0.1, 0.15) is 71.0 Å². The lowest BCUT2D eigenvalue weighted by atomic mass is 10.00. The van der Waals surface area contributed by atoms with E-state index in [4.69, 9.17) is 9.47 Å². The SMILES string of the molecule is CCCCN(C(=O)C(CO)NC(=O)OC(C)(C)C)C(C(=O)NCCC(=O)OCC)c1ccc(O)c(C)c1. The number of carbonyl (C=O) groups is 4. The first kappa shape index (κ1) is 31.7. The number of phenolic OH excluding ortho intramolecular Hbond substituents is 1. The number of aliphatic hydroxyl groups is 1. The maximum atomic E-state index is 13.6. The predicted octanol–water partition coefficient (Wildman–Crippen LogP) is 2.33. The fraction of sp³-hybridized carbons (Fsp3) is 0.615. The first-order valence-electron chi connectivity index (χ1n) is 12.5. The first-order chi connectivity index (χ1) is 17.3. The number of hydrogen-bond acceptors (Lipinski definition) is 8. The van der Waals surface area contributed by atoms with Gasteiger partial charge in [-0.2, -0.15) is 0 Å². The number of unbranched alkanes of at least 4 members (excludes halogenated alkanes) is 1. The number of aliphatic hydroxyl groups excluding tert-OH is 1. The topological polar surface area (TPSA) is 154 Å². The van der Waals surface area contributed by atoms with Crippen molar-refractivity contribution in [3.05, 3.63) is 29.3 Å². The Labute approximate surface area is 218 Å². The highest BCUT2D eigenvalue weighted by Crippen LogP contribution is 2.27. The van der Waals surface area contributed by atoms with Gasteiger partial charge in [0.15, 0.2) is 0 Å². The number of rotatable bonds is 13. The van der Waals surface area contributed by atoms with Gasteiger partial charge in [-0.15, -0.1) is 0 Å². The summed E-state index contributed by atoms with van der Waals surface area (Å²) in [7, 11) is 0. The summed E-state index contributed by atoms with van der Waals surface area (Å²) in [6.45, 7) is 9.90. The Hall–Kier alpha value is -3.34. The molecule has 1 rings (SSSR count). The third kappa shape index (κ3) is 10.7. The smallest absolute Gasteiger partial charge is 0.408 e. The molecule has 37 heavy (non-hydrogen) atoms. The van der Waals surface area contributed by atoms with Crippen LogP contribution in [-0.2, 0) is 23.9 Å². The normalized spacial score (nSPS) is 12.7. The molecule has 11 nitrogen and oxygen atoms in total. The van der Waals surface area contributed by atoms with E-state index in [9.17, 15) is 29.4 Å².